The van der Waals surface area contributed by atoms with Crippen molar-refractivity contribution in [2.75, 3.05) is 0 Å². The molecule has 0 aromatic carbocycles. The summed E-state index contributed by atoms with van der Waals surface area (Å²) < 4.78 is 134. The van der Waals surface area contributed by atoms with E-state index < -0.39 is 67.1 Å². The zero-order valence-corrected chi connectivity index (χ0v) is 47.6. The minimum atomic E-state index is -8.93. The average Bonchev–Trinajstić information content (AvgIpc) is 1.88. The van der Waals surface area contributed by atoms with Crippen LogP contribution in [0.5, 0.6) is 0 Å². The Morgan fingerprint density at radius 2 is 0.450 bits per heavy atom. The normalized spacial score (nSPS) is 14.3. The molecule has 0 spiro atoms. The molecule has 0 rings (SSSR count). The minimum absolute atomic E-state index is 0. The van der Waals surface area contributed by atoms with Crippen LogP contribution in [0.15, 0.2) is 0 Å². The predicted octanol–water partition coefficient (Wildman–Crippen LogP) is -37.3. The van der Waals surface area contributed by atoms with E-state index in [2.05, 4.69) is 0 Å². The molecular weight excluding hydrogens is 1060 g/mol. The third-order valence-electron chi connectivity index (χ3n) is 0.438. The summed E-state index contributed by atoms with van der Waals surface area (Å²) in [5.41, 5.74) is 0. The molecule has 0 bridgehead atoms. The Kier molecular flexibility index (Phi) is 56.8. The fourth-order valence-electron chi connectivity index (χ4n) is 0.268. The second-order valence-corrected chi connectivity index (χ2v) is 22.7. The van der Waals surface area contributed by atoms with Crippen LogP contribution in [0.3, 0.4) is 0 Å². The summed E-state index contributed by atoms with van der Waals surface area (Å²) >= 11 is -17.4. The molecule has 28 nitrogen and oxygen atoms in total. The molecular formula is H14K6O28P4Te2-4. The van der Waals surface area contributed by atoms with Crippen LogP contribution in [0.1, 0.15) is 0 Å². The zero-order valence-electron chi connectivity index (χ0n) is 20.6. The van der Waals surface area contributed by atoms with Crippen molar-refractivity contribution >= 4 is 67.1 Å². The first-order valence-corrected chi connectivity index (χ1v) is 23.2. The van der Waals surface area contributed by atoms with E-state index >= 15 is 0 Å². The zero-order chi connectivity index (χ0) is 28.2. The van der Waals surface area contributed by atoms with E-state index in [9.17, 15) is 60.9 Å². The van der Waals surface area contributed by atoms with Crippen molar-refractivity contribution in [3.8, 4) is 0 Å². The van der Waals surface area contributed by atoms with Gasteiger partial charge in [-0.05, 0) is 0 Å². The van der Waals surface area contributed by atoms with E-state index in [0.717, 1.165) is 0 Å². The fraction of sp³-hybridized carbons (Fsp3) is 0. The molecule has 0 unspecified atom stereocenters. The van der Waals surface area contributed by atoms with Crippen molar-refractivity contribution in [2.45, 2.75) is 0 Å². The van der Waals surface area contributed by atoms with Gasteiger partial charge in [-0.15, -0.1) is 0 Å². The van der Waals surface area contributed by atoms with Gasteiger partial charge in [0.2, 0.25) is 31.3 Å². The van der Waals surface area contributed by atoms with E-state index in [1.807, 2.05) is 0 Å². The Bertz CT molecular complexity index is 664. The molecule has 0 aromatic heterocycles. The van der Waals surface area contributed by atoms with Gasteiger partial charge in [0.1, 0.15) is 0 Å². The summed E-state index contributed by atoms with van der Waals surface area (Å²) in [6.07, 6.45) is 0. The van der Waals surface area contributed by atoms with Crippen molar-refractivity contribution in [3.05, 3.63) is 0 Å². The molecule has 0 aromatic rings. The molecule has 0 saturated carbocycles. The van der Waals surface area contributed by atoms with E-state index in [1.54, 1.807) is 0 Å². The summed E-state index contributed by atoms with van der Waals surface area (Å²) in [5, 5.41) is 0. The first-order chi connectivity index (χ1) is 12.3. The molecule has 0 fully saturated rings. The molecule has 40 heteroatoms. The maximum atomic E-state index is 9.38. The number of hydrogen-bond acceptors (Lipinski definition) is 24. The topological polar surface area (TPSA) is 595 Å². The summed E-state index contributed by atoms with van der Waals surface area (Å²) in [5.74, 6) is 0. The third-order valence-corrected chi connectivity index (χ3v) is 3.94. The van der Waals surface area contributed by atoms with Gasteiger partial charge in [-0.3, -0.25) is 18.3 Å². The molecule has 0 heterocycles. The van der Waals surface area contributed by atoms with E-state index in [0.29, 0.717) is 0 Å². The van der Waals surface area contributed by atoms with Gasteiger partial charge in [0.05, 0.1) is 0 Å². The number of hydrogen-bond donors (Lipinski definition) is 8. The van der Waals surface area contributed by atoms with Gasteiger partial charge in [-0.2, -0.15) is 0 Å². The van der Waals surface area contributed by atoms with Gasteiger partial charge in [-0.1, -0.05) is 0 Å². The molecule has 14 N–H and O–H groups in total. The quantitative estimate of drug-likeness (QED) is 0.0736. The van der Waals surface area contributed by atoms with Crippen LogP contribution in [-0.2, 0) is 18.3 Å². The molecule has 0 atom stereocenters. The predicted molar refractivity (Wildman–Crippen MR) is 71.3 cm³/mol. The molecule has 224 valence electrons. The summed E-state index contributed by atoms with van der Waals surface area (Å²) in [7, 11) is -22.2. The van der Waals surface area contributed by atoms with E-state index in [1.165, 1.54) is 8.62 Å². The van der Waals surface area contributed by atoms with Gasteiger partial charge < -0.3 is 58.7 Å². The van der Waals surface area contributed by atoms with Crippen LogP contribution in [0.4, 0.5) is 0 Å². The van der Waals surface area contributed by atoms with Gasteiger partial charge in [0.25, 0.3) is 0 Å². The molecule has 0 aliphatic carbocycles. The molecule has 0 aliphatic rings. The Morgan fingerprint density at radius 1 is 0.400 bits per heavy atom. The van der Waals surface area contributed by atoms with Crippen molar-refractivity contribution in [2.24, 2.45) is 0 Å². The second kappa shape index (κ2) is 27.0. The van der Waals surface area contributed by atoms with Crippen molar-refractivity contribution in [1.29, 1.82) is 0 Å². The van der Waals surface area contributed by atoms with Gasteiger partial charge in [0, 0.05) is 0 Å². The Morgan fingerprint density at radius 3 is 0.450 bits per heavy atom. The van der Waals surface area contributed by atoms with Crippen molar-refractivity contribution < 1.29 is 427 Å². The molecule has 0 aliphatic heterocycles. The van der Waals surface area contributed by atoms with E-state index in [4.69, 9.17) is 38.2 Å². The third kappa shape index (κ3) is 212. The van der Waals surface area contributed by atoms with Gasteiger partial charge >= 0.3 is 386 Å². The Labute approximate surface area is 479 Å². The van der Waals surface area contributed by atoms with E-state index in [-0.39, 0.29) is 319 Å². The maximum absolute atomic E-state index is 9.38. The standard InChI is InChI=1S/6K.2H4O7P2.2H6O6Te.2H2O/c;;;;;;2*1-8(2,3)7-9(4,5)6;2*1-7(2,3,4,5)6;;/h;;;;;;2*(H2,1,2,3)(H2,4,5,6);2*1-6H;2*1H2/q6*+1;;;;;;/p-10. The summed E-state index contributed by atoms with van der Waals surface area (Å²) in [4.78, 5) is 75.0. The SMILES string of the molecule is O.O.O=P([O-])([O-])[OH+]P(=O)([O-])[O-].O=P([O-])([O-])[OH+]P(=O)([O-])[O-].[K+].[K+].[K+].[K+].[K+].[K+].[O-][Te](O)(O)(O)(O)O.[O-][Te]([O-])([O-])(O)(O)O. The summed E-state index contributed by atoms with van der Waals surface area (Å²) in [6.45, 7) is 0. The molecule has 0 radical (unpaired) electrons. The van der Waals surface area contributed by atoms with Crippen LogP contribution >= 0.6 is 31.3 Å². The van der Waals surface area contributed by atoms with Gasteiger partial charge in [0.15, 0.2) is 0 Å². The second-order valence-electron chi connectivity index (χ2n) is 4.36. The monoisotopic (exact) mass is 1080 g/mol. The van der Waals surface area contributed by atoms with Crippen molar-refractivity contribution in [1.82, 2.24) is 0 Å². The summed E-state index contributed by atoms with van der Waals surface area (Å²) in [6, 6.07) is 0. The first-order valence-electron chi connectivity index (χ1n) is 5.12. The fourth-order valence-corrected chi connectivity index (χ4v) is 2.41. The molecule has 0 saturated heterocycles. The van der Waals surface area contributed by atoms with Crippen LogP contribution in [0.2, 0.25) is 0 Å². The van der Waals surface area contributed by atoms with Crippen LogP contribution in [-0.4, -0.2) is 83.1 Å². The van der Waals surface area contributed by atoms with Crippen LogP contribution in [0.25, 0.3) is 0 Å². The molecule has 40 heavy (non-hydrogen) atoms. The Hall–Kier alpha value is 11.4. The van der Waals surface area contributed by atoms with Crippen LogP contribution in [0, 0.1) is 0 Å². The average molecular weight is 1080 g/mol. The molecule has 0 amide bonds. The Balaban J connectivity index is -0.0000000246. The first kappa shape index (κ1) is 84.1. The van der Waals surface area contributed by atoms with Crippen molar-refractivity contribution in [3.63, 3.8) is 0 Å². The number of rotatable bonds is 4. The van der Waals surface area contributed by atoms with Crippen LogP contribution < -0.4 is 361 Å². The van der Waals surface area contributed by atoms with Gasteiger partial charge in [-0.25, -0.2) is 0 Å².